The molecule has 1 atom stereocenters. The van der Waals surface area contributed by atoms with E-state index in [1.54, 1.807) is 19.9 Å². The molecule has 1 amide bonds. The summed E-state index contributed by atoms with van der Waals surface area (Å²) >= 11 is 0. The molecule has 12 heavy (non-hydrogen) atoms. The first kappa shape index (κ1) is 10.7. The number of hydrogen-bond acceptors (Lipinski definition) is 2. The SMILES string of the molecule is C/C=C(\C)C(=O)N[C@@H](C#N)CC. The molecule has 0 aliphatic rings. The molecule has 0 aromatic rings. The van der Waals surface area contributed by atoms with Crippen LogP contribution >= 0.6 is 0 Å². The number of nitrogens with zero attached hydrogens (tertiary/aromatic N) is 1. The van der Waals surface area contributed by atoms with E-state index in [4.69, 9.17) is 5.26 Å². The maximum absolute atomic E-state index is 11.2. The summed E-state index contributed by atoms with van der Waals surface area (Å²) in [7, 11) is 0. The summed E-state index contributed by atoms with van der Waals surface area (Å²) in [5.74, 6) is -0.161. The highest BCUT2D eigenvalue weighted by Gasteiger charge is 2.08. The van der Waals surface area contributed by atoms with Crippen molar-refractivity contribution in [2.75, 3.05) is 0 Å². The van der Waals surface area contributed by atoms with Crippen molar-refractivity contribution in [3.05, 3.63) is 11.6 Å². The summed E-state index contributed by atoms with van der Waals surface area (Å²) in [6, 6.07) is 1.63. The van der Waals surface area contributed by atoms with Gasteiger partial charge < -0.3 is 5.32 Å². The highest BCUT2D eigenvalue weighted by atomic mass is 16.1. The van der Waals surface area contributed by atoms with E-state index >= 15 is 0 Å². The molecule has 0 saturated carbocycles. The molecular weight excluding hydrogens is 152 g/mol. The zero-order valence-corrected chi connectivity index (χ0v) is 7.72. The van der Waals surface area contributed by atoms with E-state index in [1.165, 1.54) is 0 Å². The second kappa shape index (κ2) is 5.36. The Kier molecular flexibility index (Phi) is 4.78. The molecule has 3 nitrogen and oxygen atoms in total. The smallest absolute Gasteiger partial charge is 0.247 e. The van der Waals surface area contributed by atoms with Gasteiger partial charge in [0.1, 0.15) is 6.04 Å². The Hall–Kier alpha value is -1.30. The number of nitrogens with one attached hydrogen (secondary N) is 1. The first-order valence-electron chi connectivity index (χ1n) is 3.99. The molecule has 0 unspecified atom stereocenters. The fraction of sp³-hybridized carbons (Fsp3) is 0.556. The first-order valence-corrected chi connectivity index (χ1v) is 3.99. The van der Waals surface area contributed by atoms with Gasteiger partial charge in [0.15, 0.2) is 0 Å². The average Bonchev–Trinajstić information content (AvgIpc) is 2.12. The molecule has 0 radical (unpaired) electrons. The minimum absolute atomic E-state index is 0.161. The Labute approximate surface area is 73.1 Å². The molecule has 1 N–H and O–H groups in total. The van der Waals surface area contributed by atoms with Gasteiger partial charge in [0.2, 0.25) is 5.91 Å². The molecule has 0 bridgehead atoms. The number of rotatable bonds is 3. The van der Waals surface area contributed by atoms with Crippen LogP contribution in [0.15, 0.2) is 11.6 Å². The van der Waals surface area contributed by atoms with E-state index < -0.39 is 0 Å². The zero-order valence-electron chi connectivity index (χ0n) is 7.72. The van der Waals surface area contributed by atoms with Crippen LogP contribution < -0.4 is 5.32 Å². The van der Waals surface area contributed by atoms with E-state index in [0.29, 0.717) is 12.0 Å². The lowest BCUT2D eigenvalue weighted by Gasteiger charge is -2.08. The number of allylic oxidation sites excluding steroid dienone is 1. The van der Waals surface area contributed by atoms with Crippen molar-refractivity contribution in [2.45, 2.75) is 33.2 Å². The Morgan fingerprint density at radius 3 is 2.67 bits per heavy atom. The predicted octanol–water partition coefficient (Wildman–Crippen LogP) is 1.37. The minimum atomic E-state index is -0.368. The third kappa shape index (κ3) is 3.20. The Morgan fingerprint density at radius 1 is 1.75 bits per heavy atom. The summed E-state index contributed by atoms with van der Waals surface area (Å²) in [6.07, 6.45) is 2.36. The van der Waals surface area contributed by atoms with Crippen molar-refractivity contribution in [3.63, 3.8) is 0 Å². The van der Waals surface area contributed by atoms with Gasteiger partial charge in [0, 0.05) is 5.57 Å². The van der Waals surface area contributed by atoms with Crippen molar-refractivity contribution in [2.24, 2.45) is 0 Å². The van der Waals surface area contributed by atoms with Gasteiger partial charge in [-0.3, -0.25) is 4.79 Å². The minimum Gasteiger partial charge on any atom is -0.337 e. The van der Waals surface area contributed by atoms with Crippen LogP contribution in [0.1, 0.15) is 27.2 Å². The average molecular weight is 166 g/mol. The Balaban J connectivity index is 4.10. The van der Waals surface area contributed by atoms with E-state index in [9.17, 15) is 4.79 Å². The molecule has 0 aliphatic heterocycles. The number of carbonyl (C=O) groups is 1. The molecule has 0 fully saturated rings. The highest BCUT2D eigenvalue weighted by molar-refractivity contribution is 5.93. The number of hydrogen-bond donors (Lipinski definition) is 1. The monoisotopic (exact) mass is 166 g/mol. The topological polar surface area (TPSA) is 52.9 Å². The van der Waals surface area contributed by atoms with Crippen LogP contribution in [-0.4, -0.2) is 11.9 Å². The van der Waals surface area contributed by atoms with Gasteiger partial charge in [0.05, 0.1) is 6.07 Å². The second-order valence-corrected chi connectivity index (χ2v) is 2.54. The van der Waals surface area contributed by atoms with Gasteiger partial charge in [-0.15, -0.1) is 0 Å². The van der Waals surface area contributed by atoms with Crippen molar-refractivity contribution in [1.29, 1.82) is 5.26 Å². The number of carbonyl (C=O) groups excluding carboxylic acids is 1. The van der Waals surface area contributed by atoms with Gasteiger partial charge in [-0.05, 0) is 20.3 Å². The van der Waals surface area contributed by atoms with Crippen LogP contribution in [0.25, 0.3) is 0 Å². The normalized spacial score (nSPS) is 13.3. The summed E-state index contributed by atoms with van der Waals surface area (Å²) < 4.78 is 0. The van der Waals surface area contributed by atoms with E-state index in [-0.39, 0.29) is 11.9 Å². The van der Waals surface area contributed by atoms with Crippen LogP contribution in [0.2, 0.25) is 0 Å². The van der Waals surface area contributed by atoms with E-state index in [0.717, 1.165) is 0 Å². The molecule has 66 valence electrons. The van der Waals surface area contributed by atoms with Crippen molar-refractivity contribution in [3.8, 4) is 6.07 Å². The quantitative estimate of drug-likeness (QED) is 0.644. The third-order valence-electron chi connectivity index (χ3n) is 1.66. The molecule has 0 aromatic heterocycles. The van der Waals surface area contributed by atoms with Crippen molar-refractivity contribution in [1.82, 2.24) is 5.32 Å². The Morgan fingerprint density at radius 2 is 2.33 bits per heavy atom. The maximum Gasteiger partial charge on any atom is 0.247 e. The van der Waals surface area contributed by atoms with Crippen LogP contribution in [-0.2, 0) is 4.79 Å². The summed E-state index contributed by atoms with van der Waals surface area (Å²) in [6.45, 7) is 5.38. The van der Waals surface area contributed by atoms with Gasteiger partial charge in [0.25, 0.3) is 0 Å². The standard InChI is InChI=1S/C9H14N2O/c1-4-7(3)9(12)11-8(5-2)6-10/h4,8H,5H2,1-3H3,(H,11,12)/b7-4+/t8-/m1/s1. The fourth-order valence-corrected chi connectivity index (χ4v) is 0.629. The predicted molar refractivity (Wildman–Crippen MR) is 47.3 cm³/mol. The summed E-state index contributed by atoms with van der Waals surface area (Å²) in [5, 5.41) is 11.1. The molecule has 0 aliphatic carbocycles. The second-order valence-electron chi connectivity index (χ2n) is 2.54. The Bertz CT molecular complexity index is 225. The third-order valence-corrected chi connectivity index (χ3v) is 1.66. The van der Waals surface area contributed by atoms with Gasteiger partial charge in [-0.1, -0.05) is 13.0 Å². The van der Waals surface area contributed by atoms with Gasteiger partial charge >= 0.3 is 0 Å². The fourth-order valence-electron chi connectivity index (χ4n) is 0.629. The lowest BCUT2D eigenvalue weighted by atomic mass is 10.2. The molecule has 0 aromatic carbocycles. The van der Waals surface area contributed by atoms with Crippen molar-refractivity contribution < 1.29 is 4.79 Å². The molecule has 0 saturated heterocycles. The van der Waals surface area contributed by atoms with Gasteiger partial charge in [-0.25, -0.2) is 0 Å². The van der Waals surface area contributed by atoms with Crippen LogP contribution in [0, 0.1) is 11.3 Å². The molecule has 0 rings (SSSR count). The molecular formula is C9H14N2O. The maximum atomic E-state index is 11.2. The van der Waals surface area contributed by atoms with E-state index in [2.05, 4.69) is 5.32 Å². The lowest BCUT2D eigenvalue weighted by molar-refractivity contribution is -0.117. The van der Waals surface area contributed by atoms with Crippen LogP contribution in [0.5, 0.6) is 0 Å². The highest BCUT2D eigenvalue weighted by Crippen LogP contribution is 1.94. The number of nitriles is 1. The van der Waals surface area contributed by atoms with Crippen LogP contribution in [0.4, 0.5) is 0 Å². The van der Waals surface area contributed by atoms with Crippen LogP contribution in [0.3, 0.4) is 0 Å². The van der Waals surface area contributed by atoms with Gasteiger partial charge in [-0.2, -0.15) is 5.26 Å². The zero-order chi connectivity index (χ0) is 9.56. The first-order chi connectivity index (χ1) is 5.65. The summed E-state index contributed by atoms with van der Waals surface area (Å²) in [4.78, 5) is 11.2. The number of amides is 1. The largest absolute Gasteiger partial charge is 0.337 e. The van der Waals surface area contributed by atoms with E-state index in [1.807, 2.05) is 13.0 Å². The van der Waals surface area contributed by atoms with Crippen molar-refractivity contribution >= 4 is 5.91 Å². The lowest BCUT2D eigenvalue weighted by Crippen LogP contribution is -2.33. The molecule has 0 spiro atoms. The molecule has 0 heterocycles. The summed E-state index contributed by atoms with van der Waals surface area (Å²) in [5.41, 5.74) is 0.642. The molecule has 3 heteroatoms.